The molecule has 1 unspecified atom stereocenters. The van der Waals surface area contributed by atoms with E-state index in [0.717, 1.165) is 12.1 Å². The molecule has 0 aliphatic carbocycles. The van der Waals surface area contributed by atoms with Gasteiger partial charge in [-0.05, 0) is 25.1 Å². The van der Waals surface area contributed by atoms with Crippen LogP contribution < -0.4 is 0 Å². The Hall–Kier alpha value is -1.03. The van der Waals surface area contributed by atoms with Crippen LogP contribution >= 0.6 is 15.9 Å². The molecule has 0 radical (unpaired) electrons. The second kappa shape index (κ2) is 4.46. The summed E-state index contributed by atoms with van der Waals surface area (Å²) >= 11 is 3.08. The molecule has 1 aromatic carbocycles. The third kappa shape index (κ3) is 2.26. The predicted octanol–water partition coefficient (Wildman–Crippen LogP) is 2.60. The van der Waals surface area contributed by atoms with Gasteiger partial charge in [-0.3, -0.25) is 9.59 Å². The van der Waals surface area contributed by atoms with Crippen LogP contribution in [0.25, 0.3) is 0 Å². The second-order valence-corrected chi connectivity index (χ2v) is 4.20. The van der Waals surface area contributed by atoms with Crippen molar-refractivity contribution < 1.29 is 14.0 Å². The van der Waals surface area contributed by atoms with Gasteiger partial charge in [0.15, 0.2) is 12.1 Å². The van der Waals surface area contributed by atoms with Gasteiger partial charge in [0.25, 0.3) is 0 Å². The molecule has 0 spiro atoms. The lowest BCUT2D eigenvalue weighted by Crippen LogP contribution is -2.12. The molecule has 1 aromatic rings. The number of halogens is 2. The fraction of sp³-hybridized carbons (Fsp3) is 0.200. The van der Waals surface area contributed by atoms with Gasteiger partial charge in [0.1, 0.15) is 5.82 Å². The molecule has 4 heteroatoms. The van der Waals surface area contributed by atoms with E-state index in [9.17, 15) is 14.0 Å². The lowest BCUT2D eigenvalue weighted by Gasteiger charge is -2.05. The highest BCUT2D eigenvalue weighted by Crippen LogP contribution is 2.15. The Kier molecular flexibility index (Phi) is 3.52. The van der Waals surface area contributed by atoms with Gasteiger partial charge < -0.3 is 0 Å². The third-order valence-electron chi connectivity index (χ3n) is 1.77. The summed E-state index contributed by atoms with van der Waals surface area (Å²) in [6, 6.07) is 3.52. The molecule has 14 heavy (non-hydrogen) atoms. The first-order valence-corrected chi connectivity index (χ1v) is 4.91. The molecule has 0 aromatic heterocycles. The van der Waals surface area contributed by atoms with E-state index in [1.165, 1.54) is 6.07 Å². The zero-order chi connectivity index (χ0) is 10.7. The van der Waals surface area contributed by atoms with E-state index in [1.54, 1.807) is 6.92 Å². The third-order valence-corrected chi connectivity index (χ3v) is 2.18. The fourth-order valence-corrected chi connectivity index (χ4v) is 1.31. The van der Waals surface area contributed by atoms with Crippen LogP contribution in [0.4, 0.5) is 4.39 Å². The standard InChI is InChI=1S/C10H8BrFO2/c1-6(11)10(14)9-4-8(12)3-2-7(9)5-13/h2-6H,1H3. The molecule has 0 saturated heterocycles. The Morgan fingerprint density at radius 2 is 2.21 bits per heavy atom. The molecule has 0 saturated carbocycles. The maximum atomic E-state index is 12.8. The van der Waals surface area contributed by atoms with Gasteiger partial charge in [0, 0.05) is 11.1 Å². The van der Waals surface area contributed by atoms with Crippen LogP contribution in [0.3, 0.4) is 0 Å². The minimum atomic E-state index is -0.521. The van der Waals surface area contributed by atoms with Gasteiger partial charge in [0.2, 0.25) is 0 Å². The molecule has 0 fully saturated rings. The summed E-state index contributed by atoms with van der Waals surface area (Å²) in [5.74, 6) is -0.821. The number of Topliss-reactive ketones (excluding diaryl/α,β-unsaturated/α-hetero) is 1. The minimum absolute atomic E-state index is 0.115. The first-order chi connectivity index (χ1) is 6.56. The van der Waals surface area contributed by atoms with E-state index >= 15 is 0 Å². The fourth-order valence-electron chi connectivity index (χ4n) is 1.06. The normalized spacial score (nSPS) is 12.2. The Bertz CT molecular complexity index is 374. The van der Waals surface area contributed by atoms with Crippen molar-refractivity contribution in [1.82, 2.24) is 0 Å². The van der Waals surface area contributed by atoms with Gasteiger partial charge in [-0.1, -0.05) is 15.9 Å². The molecule has 0 aliphatic heterocycles. The molecule has 0 aliphatic rings. The lowest BCUT2D eigenvalue weighted by atomic mass is 10.0. The molecular formula is C10H8BrFO2. The number of carbonyl (C=O) groups excluding carboxylic acids is 2. The zero-order valence-electron chi connectivity index (χ0n) is 7.46. The van der Waals surface area contributed by atoms with Crippen LogP contribution in [-0.4, -0.2) is 16.9 Å². The van der Waals surface area contributed by atoms with Crippen LogP contribution in [0.5, 0.6) is 0 Å². The van der Waals surface area contributed by atoms with Crippen molar-refractivity contribution in [3.05, 3.63) is 35.1 Å². The zero-order valence-corrected chi connectivity index (χ0v) is 9.05. The highest BCUT2D eigenvalue weighted by molar-refractivity contribution is 9.10. The highest BCUT2D eigenvalue weighted by Gasteiger charge is 2.16. The number of alkyl halides is 1. The van der Waals surface area contributed by atoms with Crippen molar-refractivity contribution in [1.29, 1.82) is 0 Å². The van der Waals surface area contributed by atoms with Crippen LogP contribution in [0.2, 0.25) is 0 Å². The van der Waals surface area contributed by atoms with E-state index < -0.39 is 10.6 Å². The maximum absolute atomic E-state index is 12.8. The minimum Gasteiger partial charge on any atom is -0.298 e. The number of hydrogen-bond donors (Lipinski definition) is 0. The Morgan fingerprint density at radius 1 is 1.57 bits per heavy atom. The summed E-state index contributed by atoms with van der Waals surface area (Å²) in [4.78, 5) is 21.7. The monoisotopic (exact) mass is 258 g/mol. The van der Waals surface area contributed by atoms with Crippen molar-refractivity contribution in [2.75, 3.05) is 0 Å². The second-order valence-electron chi connectivity index (χ2n) is 2.83. The molecule has 74 valence electrons. The van der Waals surface area contributed by atoms with Gasteiger partial charge in [0.05, 0.1) is 4.83 Å². The number of aldehydes is 1. The van der Waals surface area contributed by atoms with E-state index in [-0.39, 0.29) is 16.9 Å². The predicted molar refractivity (Wildman–Crippen MR) is 54.5 cm³/mol. The molecule has 0 N–H and O–H groups in total. The average molecular weight is 259 g/mol. The number of carbonyl (C=O) groups is 2. The summed E-state index contributed by atoms with van der Waals surface area (Å²) < 4.78 is 12.8. The first kappa shape index (κ1) is 11.0. The molecular weight excluding hydrogens is 251 g/mol. The number of hydrogen-bond acceptors (Lipinski definition) is 2. The number of benzene rings is 1. The molecule has 1 atom stereocenters. The van der Waals surface area contributed by atoms with E-state index in [2.05, 4.69) is 15.9 Å². The van der Waals surface area contributed by atoms with Crippen LogP contribution in [0, 0.1) is 5.82 Å². The summed E-state index contributed by atoms with van der Waals surface area (Å²) in [5, 5.41) is 0. The van der Waals surface area contributed by atoms with Crippen molar-refractivity contribution in [3.8, 4) is 0 Å². The van der Waals surface area contributed by atoms with Gasteiger partial charge in [-0.25, -0.2) is 4.39 Å². The van der Waals surface area contributed by atoms with Crippen molar-refractivity contribution in [3.63, 3.8) is 0 Å². The van der Waals surface area contributed by atoms with Gasteiger partial charge in [-0.2, -0.15) is 0 Å². The smallest absolute Gasteiger partial charge is 0.176 e. The Balaban J connectivity index is 3.23. The van der Waals surface area contributed by atoms with E-state index in [1.807, 2.05) is 0 Å². The molecule has 0 amide bonds. The van der Waals surface area contributed by atoms with Crippen LogP contribution in [0.1, 0.15) is 27.6 Å². The average Bonchev–Trinajstić information content (AvgIpc) is 2.16. The molecule has 1 rings (SSSR count). The van der Waals surface area contributed by atoms with Crippen molar-refractivity contribution >= 4 is 28.0 Å². The number of ketones is 1. The van der Waals surface area contributed by atoms with Crippen molar-refractivity contribution in [2.45, 2.75) is 11.8 Å². The molecule has 0 heterocycles. The number of rotatable bonds is 3. The summed E-state index contributed by atoms with van der Waals surface area (Å²) in [5.41, 5.74) is 0.326. The summed E-state index contributed by atoms with van der Waals surface area (Å²) in [6.07, 6.45) is 0.544. The Labute approximate surface area is 89.2 Å². The Morgan fingerprint density at radius 3 is 2.71 bits per heavy atom. The molecule has 2 nitrogen and oxygen atoms in total. The maximum Gasteiger partial charge on any atom is 0.176 e. The van der Waals surface area contributed by atoms with Crippen LogP contribution in [-0.2, 0) is 0 Å². The topological polar surface area (TPSA) is 34.1 Å². The van der Waals surface area contributed by atoms with Crippen LogP contribution in [0.15, 0.2) is 18.2 Å². The van der Waals surface area contributed by atoms with E-state index in [4.69, 9.17) is 0 Å². The largest absolute Gasteiger partial charge is 0.298 e. The first-order valence-electron chi connectivity index (χ1n) is 3.99. The van der Waals surface area contributed by atoms with Crippen molar-refractivity contribution in [2.24, 2.45) is 0 Å². The summed E-state index contributed by atoms with van der Waals surface area (Å²) in [6.45, 7) is 1.63. The SMILES string of the molecule is CC(Br)C(=O)c1cc(F)ccc1C=O. The lowest BCUT2D eigenvalue weighted by molar-refractivity contribution is 0.0988. The van der Waals surface area contributed by atoms with E-state index in [0.29, 0.717) is 6.29 Å². The quantitative estimate of drug-likeness (QED) is 0.475. The summed E-state index contributed by atoms with van der Waals surface area (Å²) in [7, 11) is 0. The van der Waals surface area contributed by atoms with Gasteiger partial charge in [-0.15, -0.1) is 0 Å². The molecule has 0 bridgehead atoms. The van der Waals surface area contributed by atoms with Gasteiger partial charge >= 0.3 is 0 Å². The highest BCUT2D eigenvalue weighted by atomic mass is 79.9.